The second kappa shape index (κ2) is 6.03. The Kier molecular flexibility index (Phi) is 3.93. The lowest BCUT2D eigenvalue weighted by Gasteiger charge is -2.25. The van der Waals surface area contributed by atoms with E-state index < -0.39 is 12.5 Å². The molecule has 1 saturated carbocycles. The van der Waals surface area contributed by atoms with Gasteiger partial charge in [0.05, 0.1) is 17.6 Å². The highest BCUT2D eigenvalue weighted by atomic mass is 19.3. The number of alkyl halides is 2. The summed E-state index contributed by atoms with van der Waals surface area (Å²) < 4.78 is 42.0. The Morgan fingerprint density at radius 1 is 1.31 bits per heavy atom. The summed E-state index contributed by atoms with van der Waals surface area (Å²) in [5.41, 5.74) is 0.337. The largest absolute Gasteiger partial charge is 0.326 e. The minimum absolute atomic E-state index is 0.0298. The fraction of sp³-hybridized carbons (Fsp3) is 0.444. The zero-order valence-electron chi connectivity index (χ0n) is 14.3. The Labute approximate surface area is 148 Å². The number of fused-ring (bicyclic) bond motifs is 2. The number of halogens is 3. The van der Waals surface area contributed by atoms with Crippen molar-refractivity contribution in [1.29, 1.82) is 0 Å². The number of anilines is 2. The summed E-state index contributed by atoms with van der Waals surface area (Å²) in [7, 11) is 1.39. The number of carbonyl (C=O) groups excluding carboxylic acids is 1. The zero-order valence-corrected chi connectivity index (χ0v) is 14.3. The number of benzene rings is 1. The van der Waals surface area contributed by atoms with Crippen LogP contribution in [0.25, 0.3) is 0 Å². The highest BCUT2D eigenvalue weighted by Crippen LogP contribution is 2.51. The van der Waals surface area contributed by atoms with Crippen molar-refractivity contribution in [2.24, 2.45) is 7.05 Å². The first-order chi connectivity index (χ1) is 12.4. The van der Waals surface area contributed by atoms with E-state index in [4.69, 9.17) is 0 Å². The molecule has 1 aromatic carbocycles. The van der Waals surface area contributed by atoms with Gasteiger partial charge in [-0.25, -0.2) is 18.0 Å². The molecule has 0 unspecified atom stereocenters. The second-order valence-corrected chi connectivity index (χ2v) is 7.01. The van der Waals surface area contributed by atoms with Crippen molar-refractivity contribution in [1.82, 2.24) is 9.78 Å². The minimum Gasteiger partial charge on any atom is -0.304 e. The molecule has 2 aliphatic rings. The molecule has 1 N–H and O–H groups in total. The van der Waals surface area contributed by atoms with Gasteiger partial charge in [0.15, 0.2) is 0 Å². The Balaban J connectivity index is 1.67. The van der Waals surface area contributed by atoms with Crippen LogP contribution in [0.5, 0.6) is 0 Å². The van der Waals surface area contributed by atoms with Crippen molar-refractivity contribution in [3.63, 3.8) is 0 Å². The summed E-state index contributed by atoms with van der Waals surface area (Å²) in [6, 6.07) is 4.14. The number of rotatable bonds is 2. The summed E-state index contributed by atoms with van der Waals surface area (Å²) in [5, 5.41) is 6.31. The summed E-state index contributed by atoms with van der Waals surface area (Å²) in [6.07, 6.45) is 2.05. The molecule has 1 aromatic heterocycles. The molecule has 5 nitrogen and oxygen atoms in total. The van der Waals surface area contributed by atoms with Crippen LogP contribution in [0.2, 0.25) is 0 Å². The smallest absolute Gasteiger partial charge is 0.304 e. The van der Waals surface area contributed by atoms with Crippen LogP contribution in [0.15, 0.2) is 24.4 Å². The lowest BCUT2D eigenvalue weighted by molar-refractivity contribution is 0.141. The first-order valence-corrected chi connectivity index (χ1v) is 8.60. The number of carbonyl (C=O) groups is 1. The number of aromatic nitrogens is 2. The van der Waals surface area contributed by atoms with Crippen LogP contribution in [-0.4, -0.2) is 22.4 Å². The third-order valence-electron chi connectivity index (χ3n) is 5.51. The van der Waals surface area contributed by atoms with Crippen molar-refractivity contribution in [2.75, 3.05) is 16.8 Å². The SMILES string of the molecule is Cn1ncc(NC(=O)N2CC3(CCCC3)c3c(F)cccc32)c1C(F)F. The van der Waals surface area contributed by atoms with E-state index in [0.717, 1.165) is 30.4 Å². The third-order valence-corrected chi connectivity index (χ3v) is 5.51. The molecular weight excluding hydrogens is 345 g/mol. The second-order valence-electron chi connectivity index (χ2n) is 7.01. The van der Waals surface area contributed by atoms with Crippen molar-refractivity contribution >= 4 is 17.4 Å². The van der Waals surface area contributed by atoms with Gasteiger partial charge in [-0.15, -0.1) is 0 Å². The van der Waals surface area contributed by atoms with Gasteiger partial charge in [0, 0.05) is 24.6 Å². The molecule has 2 amide bonds. The number of amides is 2. The average molecular weight is 364 g/mol. The van der Waals surface area contributed by atoms with E-state index in [-0.39, 0.29) is 22.6 Å². The Bertz CT molecular complexity index is 858. The van der Waals surface area contributed by atoms with E-state index in [9.17, 15) is 18.0 Å². The van der Waals surface area contributed by atoms with Crippen LogP contribution in [0.4, 0.5) is 29.3 Å². The van der Waals surface area contributed by atoms with Gasteiger partial charge in [0.25, 0.3) is 6.43 Å². The molecule has 26 heavy (non-hydrogen) atoms. The molecule has 0 radical (unpaired) electrons. The van der Waals surface area contributed by atoms with Gasteiger partial charge < -0.3 is 5.32 Å². The molecule has 2 heterocycles. The number of nitrogens with one attached hydrogen (secondary N) is 1. The fourth-order valence-corrected chi connectivity index (χ4v) is 4.36. The average Bonchev–Trinajstić information content (AvgIpc) is 3.28. The molecule has 8 heteroatoms. The Morgan fingerprint density at radius 3 is 2.73 bits per heavy atom. The van der Waals surface area contributed by atoms with Gasteiger partial charge in [-0.05, 0) is 25.0 Å². The highest BCUT2D eigenvalue weighted by Gasteiger charge is 2.48. The van der Waals surface area contributed by atoms with Crippen LogP contribution >= 0.6 is 0 Å². The standard InChI is InChI=1S/C18H19F3N4O/c1-24-15(16(20)21)12(9-22-24)23-17(26)25-10-18(7-2-3-8-18)14-11(19)5-4-6-13(14)25/h4-6,9,16H,2-3,7-8,10H2,1H3,(H,23,26). The molecule has 138 valence electrons. The van der Waals surface area contributed by atoms with Gasteiger partial charge in [-0.3, -0.25) is 9.58 Å². The fourth-order valence-electron chi connectivity index (χ4n) is 4.36. The summed E-state index contributed by atoms with van der Waals surface area (Å²) >= 11 is 0. The molecular formula is C18H19F3N4O. The molecule has 1 aliphatic heterocycles. The first-order valence-electron chi connectivity index (χ1n) is 8.60. The Morgan fingerprint density at radius 2 is 2.04 bits per heavy atom. The van der Waals surface area contributed by atoms with Gasteiger partial charge in [-0.2, -0.15) is 5.10 Å². The van der Waals surface area contributed by atoms with Gasteiger partial charge in [0.2, 0.25) is 0 Å². The number of hydrogen-bond acceptors (Lipinski definition) is 2. The maximum Gasteiger partial charge on any atom is 0.326 e. The topological polar surface area (TPSA) is 50.2 Å². The van der Waals surface area contributed by atoms with Gasteiger partial charge >= 0.3 is 6.03 Å². The number of urea groups is 1. The van der Waals surface area contributed by atoms with E-state index in [0.29, 0.717) is 17.8 Å². The number of nitrogens with zero attached hydrogens (tertiary/aromatic N) is 3. The van der Waals surface area contributed by atoms with E-state index in [1.165, 1.54) is 24.2 Å². The molecule has 1 spiro atoms. The Hall–Kier alpha value is -2.51. The van der Waals surface area contributed by atoms with Crippen LogP contribution in [0.3, 0.4) is 0 Å². The van der Waals surface area contributed by atoms with Crippen molar-refractivity contribution in [3.8, 4) is 0 Å². The molecule has 0 bridgehead atoms. The maximum absolute atomic E-state index is 14.6. The predicted molar refractivity (Wildman–Crippen MR) is 91.1 cm³/mol. The zero-order chi connectivity index (χ0) is 18.5. The molecule has 0 atom stereocenters. The third kappa shape index (κ3) is 2.47. The lowest BCUT2D eigenvalue weighted by Crippen LogP contribution is -2.38. The monoisotopic (exact) mass is 364 g/mol. The van der Waals surface area contributed by atoms with Crippen LogP contribution in [-0.2, 0) is 12.5 Å². The maximum atomic E-state index is 14.6. The minimum atomic E-state index is -2.76. The number of hydrogen-bond donors (Lipinski definition) is 1. The van der Waals surface area contributed by atoms with Gasteiger partial charge in [0.1, 0.15) is 11.5 Å². The summed E-state index contributed by atoms with van der Waals surface area (Å²) in [4.78, 5) is 14.3. The van der Waals surface area contributed by atoms with Crippen LogP contribution in [0.1, 0.15) is 43.4 Å². The van der Waals surface area contributed by atoms with Crippen molar-refractivity contribution in [2.45, 2.75) is 37.5 Å². The summed E-state index contributed by atoms with van der Waals surface area (Å²) in [6.45, 7) is 0.360. The molecule has 2 aromatic rings. The van der Waals surface area contributed by atoms with E-state index in [1.807, 2.05) is 0 Å². The van der Waals surface area contributed by atoms with Gasteiger partial charge in [-0.1, -0.05) is 18.9 Å². The van der Waals surface area contributed by atoms with E-state index in [1.54, 1.807) is 12.1 Å². The molecule has 1 aliphatic carbocycles. The summed E-state index contributed by atoms with van der Waals surface area (Å²) in [5.74, 6) is -0.311. The molecule has 4 rings (SSSR count). The lowest BCUT2D eigenvalue weighted by atomic mass is 9.80. The van der Waals surface area contributed by atoms with E-state index in [2.05, 4.69) is 10.4 Å². The van der Waals surface area contributed by atoms with Crippen molar-refractivity contribution in [3.05, 3.63) is 41.5 Å². The molecule has 1 fully saturated rings. The predicted octanol–water partition coefficient (Wildman–Crippen LogP) is 4.36. The first kappa shape index (κ1) is 16.9. The quantitative estimate of drug-likeness (QED) is 0.861. The van der Waals surface area contributed by atoms with Crippen LogP contribution in [0, 0.1) is 5.82 Å². The normalized spacial score (nSPS) is 18.0. The van der Waals surface area contributed by atoms with Crippen LogP contribution < -0.4 is 10.2 Å². The van der Waals surface area contributed by atoms with E-state index >= 15 is 0 Å². The number of aryl methyl sites for hydroxylation is 1. The molecule has 0 saturated heterocycles. The highest BCUT2D eigenvalue weighted by molar-refractivity contribution is 6.04. The van der Waals surface area contributed by atoms with Crippen molar-refractivity contribution < 1.29 is 18.0 Å².